The van der Waals surface area contributed by atoms with E-state index in [4.69, 9.17) is 9.47 Å². The van der Waals surface area contributed by atoms with Crippen molar-refractivity contribution in [3.8, 4) is 11.5 Å². The molecule has 0 fully saturated rings. The first-order valence-corrected chi connectivity index (χ1v) is 11.9. The van der Waals surface area contributed by atoms with Gasteiger partial charge in [-0.1, -0.05) is 18.2 Å². The molecule has 0 amide bonds. The molecule has 2 N–H and O–H groups in total. The lowest BCUT2D eigenvalue weighted by molar-refractivity contribution is 0.0439. The average molecular weight is 494 g/mol. The Balaban J connectivity index is 1.76. The van der Waals surface area contributed by atoms with E-state index in [9.17, 15) is 13.2 Å². The fraction of sp³-hybridized carbons (Fsp3) is 0.462. The predicted molar refractivity (Wildman–Crippen MR) is 128 cm³/mol. The fourth-order valence-corrected chi connectivity index (χ4v) is 4.91. The maximum atomic E-state index is 16.0. The third-order valence-corrected chi connectivity index (χ3v) is 6.49. The Morgan fingerprint density at radius 3 is 2.66 bits per heavy atom. The van der Waals surface area contributed by atoms with E-state index in [1.54, 1.807) is 11.0 Å². The number of hydrogen-bond donors (Lipinski definition) is 2. The second kappa shape index (κ2) is 11.3. The Morgan fingerprint density at radius 1 is 1.14 bits per heavy atom. The van der Waals surface area contributed by atoms with Gasteiger partial charge in [-0.05, 0) is 50.1 Å². The van der Waals surface area contributed by atoms with Crippen molar-refractivity contribution in [1.82, 2.24) is 15.2 Å². The monoisotopic (exact) mass is 493 g/mol. The van der Waals surface area contributed by atoms with E-state index < -0.39 is 31.5 Å². The molecule has 1 aliphatic rings. The van der Waals surface area contributed by atoms with E-state index in [1.165, 1.54) is 13.2 Å². The molecule has 0 spiro atoms. The second-order valence-corrected chi connectivity index (χ2v) is 8.74. The maximum Gasteiger partial charge on any atom is 0.251 e. The first kappa shape index (κ1) is 25.3. The molecule has 0 bridgehead atoms. The molecule has 2 heterocycles. The second-order valence-electron chi connectivity index (χ2n) is 8.74. The van der Waals surface area contributed by atoms with E-state index in [-0.39, 0.29) is 29.7 Å². The summed E-state index contributed by atoms with van der Waals surface area (Å²) in [5, 5.41) is 4.03. The van der Waals surface area contributed by atoms with Crippen LogP contribution in [0.5, 0.6) is 11.5 Å². The molecule has 1 unspecified atom stereocenters. The van der Waals surface area contributed by atoms with Crippen molar-refractivity contribution in [2.24, 2.45) is 0 Å². The average Bonchev–Trinajstić information content (AvgIpc) is 3.20. The number of H-pyrrole nitrogens is 1. The number of halogens is 4. The van der Waals surface area contributed by atoms with Gasteiger partial charge in [-0.3, -0.25) is 9.29 Å². The van der Waals surface area contributed by atoms with Gasteiger partial charge in [0, 0.05) is 29.2 Å². The number of para-hydroxylation sites is 1. The zero-order valence-corrected chi connectivity index (χ0v) is 19.9. The van der Waals surface area contributed by atoms with Gasteiger partial charge in [0.1, 0.15) is 12.4 Å². The number of aromatic amines is 1. The third-order valence-electron chi connectivity index (χ3n) is 6.49. The number of benzene rings is 2. The number of ether oxygens (including phenoxy) is 2. The van der Waals surface area contributed by atoms with Gasteiger partial charge in [0.15, 0.2) is 11.6 Å². The molecule has 0 saturated heterocycles. The van der Waals surface area contributed by atoms with Crippen LogP contribution in [-0.4, -0.2) is 62.4 Å². The summed E-state index contributed by atoms with van der Waals surface area (Å²) in [6.07, 6.45) is -1.63. The Labute approximate surface area is 202 Å². The van der Waals surface area contributed by atoms with Gasteiger partial charge in [-0.2, -0.15) is 0 Å². The lowest BCUT2D eigenvalue weighted by Gasteiger charge is -2.41. The van der Waals surface area contributed by atoms with E-state index in [0.717, 1.165) is 16.5 Å². The van der Waals surface area contributed by atoms with Crippen LogP contribution in [0.2, 0.25) is 0 Å². The fourth-order valence-electron chi connectivity index (χ4n) is 4.91. The van der Waals surface area contributed by atoms with Crippen molar-refractivity contribution in [2.45, 2.75) is 38.3 Å². The summed E-state index contributed by atoms with van der Waals surface area (Å²) >= 11 is 0. The topological polar surface area (TPSA) is 49.5 Å². The summed E-state index contributed by atoms with van der Waals surface area (Å²) in [6.45, 7) is 2.07. The standard InChI is InChI=1S/C26H31F4N3O2/c1-16-14-18-17-6-3-4-7-19(17)32-25(18)26(33(16)15-22(28)29)23-20(34-2)8-9-21(24(23)30)35-13-12-31-11-5-10-27/h3-4,6-9,16,22,26,31-32H,5,10-15H2,1-2H3/t16-,26?/m1/s1. The van der Waals surface area contributed by atoms with Gasteiger partial charge < -0.3 is 19.8 Å². The highest BCUT2D eigenvalue weighted by molar-refractivity contribution is 5.85. The zero-order chi connectivity index (χ0) is 24.9. The molecular formula is C26H31F4N3O2. The molecule has 3 aromatic rings. The van der Waals surface area contributed by atoms with Crippen molar-refractivity contribution in [3.05, 3.63) is 59.0 Å². The van der Waals surface area contributed by atoms with Gasteiger partial charge in [0.05, 0.1) is 31.9 Å². The number of hydrogen-bond acceptors (Lipinski definition) is 4. The van der Waals surface area contributed by atoms with Crippen molar-refractivity contribution in [2.75, 3.05) is 40.0 Å². The Bertz CT molecular complexity index is 1140. The minimum Gasteiger partial charge on any atom is -0.496 e. The molecule has 35 heavy (non-hydrogen) atoms. The molecule has 5 nitrogen and oxygen atoms in total. The number of methoxy groups -OCH3 is 1. The van der Waals surface area contributed by atoms with E-state index in [0.29, 0.717) is 31.6 Å². The largest absolute Gasteiger partial charge is 0.496 e. The molecular weight excluding hydrogens is 462 g/mol. The molecule has 2 aromatic carbocycles. The summed E-state index contributed by atoms with van der Waals surface area (Å²) in [5.41, 5.74) is 2.72. The summed E-state index contributed by atoms with van der Waals surface area (Å²) in [7, 11) is 1.43. The van der Waals surface area contributed by atoms with Crippen molar-refractivity contribution in [1.29, 1.82) is 0 Å². The Morgan fingerprint density at radius 2 is 1.91 bits per heavy atom. The number of nitrogens with zero attached hydrogens (tertiary/aromatic N) is 1. The Hall–Kier alpha value is -2.78. The Kier molecular flexibility index (Phi) is 8.18. The van der Waals surface area contributed by atoms with Crippen LogP contribution in [0.1, 0.15) is 36.2 Å². The number of nitrogens with one attached hydrogen (secondary N) is 2. The predicted octanol–water partition coefficient (Wildman–Crippen LogP) is 5.24. The molecule has 0 aliphatic carbocycles. The van der Waals surface area contributed by atoms with E-state index >= 15 is 4.39 Å². The number of fused-ring (bicyclic) bond motifs is 3. The van der Waals surface area contributed by atoms with Crippen molar-refractivity contribution in [3.63, 3.8) is 0 Å². The van der Waals surface area contributed by atoms with Gasteiger partial charge >= 0.3 is 0 Å². The summed E-state index contributed by atoms with van der Waals surface area (Å²) in [6, 6.07) is 9.76. The summed E-state index contributed by atoms with van der Waals surface area (Å²) in [4.78, 5) is 5.00. The molecule has 9 heteroatoms. The van der Waals surface area contributed by atoms with Crippen LogP contribution in [0.25, 0.3) is 10.9 Å². The van der Waals surface area contributed by atoms with Crippen LogP contribution in [0.15, 0.2) is 36.4 Å². The molecule has 1 aliphatic heterocycles. The van der Waals surface area contributed by atoms with Crippen molar-refractivity contribution < 1.29 is 27.0 Å². The molecule has 190 valence electrons. The minimum absolute atomic E-state index is 0.0148. The van der Waals surface area contributed by atoms with Crippen LogP contribution < -0.4 is 14.8 Å². The number of aromatic nitrogens is 1. The first-order valence-electron chi connectivity index (χ1n) is 11.9. The third kappa shape index (κ3) is 5.26. The van der Waals surface area contributed by atoms with Gasteiger partial charge in [-0.15, -0.1) is 0 Å². The maximum absolute atomic E-state index is 16.0. The highest BCUT2D eigenvalue weighted by atomic mass is 19.3. The molecule has 2 atom stereocenters. The molecule has 4 rings (SSSR count). The molecule has 1 aromatic heterocycles. The molecule has 0 saturated carbocycles. The first-order chi connectivity index (χ1) is 17.0. The number of alkyl halides is 3. The highest BCUT2D eigenvalue weighted by Crippen LogP contribution is 2.46. The van der Waals surface area contributed by atoms with E-state index in [2.05, 4.69) is 10.3 Å². The molecule has 0 radical (unpaired) electrons. The van der Waals surface area contributed by atoms with Gasteiger partial charge in [0.2, 0.25) is 0 Å². The summed E-state index contributed by atoms with van der Waals surface area (Å²) < 4.78 is 66.8. The van der Waals surface area contributed by atoms with E-state index in [1.807, 2.05) is 31.2 Å². The normalized spacial score (nSPS) is 18.3. The van der Waals surface area contributed by atoms with Gasteiger partial charge in [0.25, 0.3) is 6.43 Å². The lowest BCUT2D eigenvalue weighted by Crippen LogP contribution is -2.45. The number of rotatable bonds is 11. The van der Waals surface area contributed by atoms with Crippen LogP contribution >= 0.6 is 0 Å². The van der Waals surface area contributed by atoms with Crippen LogP contribution in [0, 0.1) is 5.82 Å². The van der Waals surface area contributed by atoms with Crippen molar-refractivity contribution >= 4 is 10.9 Å². The van der Waals surface area contributed by atoms with Crippen LogP contribution in [-0.2, 0) is 6.42 Å². The SMILES string of the molecule is COc1ccc(OCCNCCCF)c(F)c1C1c2[nH]c3ccccc3c2C[C@@H](C)N1CC(F)F. The summed E-state index contributed by atoms with van der Waals surface area (Å²) in [5.74, 6) is -0.365. The van der Waals surface area contributed by atoms with Crippen LogP contribution in [0.4, 0.5) is 17.6 Å². The zero-order valence-electron chi connectivity index (χ0n) is 19.9. The smallest absolute Gasteiger partial charge is 0.251 e. The lowest BCUT2D eigenvalue weighted by atomic mass is 9.88. The van der Waals surface area contributed by atoms with Gasteiger partial charge in [-0.25, -0.2) is 13.2 Å². The highest BCUT2D eigenvalue weighted by Gasteiger charge is 2.40. The minimum atomic E-state index is -2.59. The quantitative estimate of drug-likeness (QED) is 0.283. The van der Waals surface area contributed by atoms with Crippen LogP contribution in [0.3, 0.4) is 0 Å².